The highest BCUT2D eigenvalue weighted by Gasteiger charge is 2.05. The van der Waals surface area contributed by atoms with Crippen molar-refractivity contribution in [1.29, 1.82) is 0 Å². The van der Waals surface area contributed by atoms with Crippen molar-refractivity contribution in [3.8, 4) is 0 Å². The van der Waals surface area contributed by atoms with Crippen LogP contribution >= 0.6 is 27.3 Å². The van der Waals surface area contributed by atoms with Gasteiger partial charge in [-0.1, -0.05) is 39.4 Å². The number of benzene rings is 2. The summed E-state index contributed by atoms with van der Waals surface area (Å²) < 4.78 is 15.2. The fourth-order valence-electron chi connectivity index (χ4n) is 1.80. The summed E-state index contributed by atoms with van der Waals surface area (Å²) >= 11 is 5.01. The topological polar surface area (TPSA) is 24.9 Å². The SMILES string of the molecule is Fc1ccc(Br)c(CNc2nc3ccccc3s2)c1. The first-order valence-electron chi connectivity index (χ1n) is 5.76. The van der Waals surface area contributed by atoms with Crippen LogP contribution in [0.5, 0.6) is 0 Å². The van der Waals surface area contributed by atoms with E-state index in [-0.39, 0.29) is 5.82 Å². The molecule has 0 spiro atoms. The van der Waals surface area contributed by atoms with Gasteiger partial charge in [0.25, 0.3) is 0 Å². The van der Waals surface area contributed by atoms with Gasteiger partial charge in [0.2, 0.25) is 0 Å². The standard InChI is InChI=1S/C14H10BrFN2S/c15-11-6-5-10(16)7-9(11)8-17-14-18-12-3-1-2-4-13(12)19-14/h1-7H,8H2,(H,17,18). The second-order valence-corrected chi connectivity index (χ2v) is 5.96. The number of anilines is 1. The van der Waals surface area contributed by atoms with E-state index >= 15 is 0 Å². The number of aromatic nitrogens is 1. The Morgan fingerprint density at radius 2 is 2.05 bits per heavy atom. The highest BCUT2D eigenvalue weighted by molar-refractivity contribution is 9.10. The first kappa shape index (κ1) is 12.6. The minimum Gasteiger partial charge on any atom is -0.357 e. The molecule has 0 aliphatic heterocycles. The van der Waals surface area contributed by atoms with E-state index in [2.05, 4.69) is 26.2 Å². The maximum absolute atomic E-state index is 13.2. The lowest BCUT2D eigenvalue weighted by atomic mass is 10.2. The number of rotatable bonds is 3. The summed E-state index contributed by atoms with van der Waals surface area (Å²) in [4.78, 5) is 4.48. The summed E-state index contributed by atoms with van der Waals surface area (Å²) in [5.74, 6) is -0.232. The number of fused-ring (bicyclic) bond motifs is 1. The number of para-hydroxylation sites is 1. The zero-order valence-corrected chi connectivity index (χ0v) is 12.3. The molecule has 0 saturated carbocycles. The first-order chi connectivity index (χ1) is 9.22. The number of nitrogens with zero attached hydrogens (tertiary/aromatic N) is 1. The average molecular weight is 337 g/mol. The van der Waals surface area contributed by atoms with Crippen LogP contribution in [0.4, 0.5) is 9.52 Å². The van der Waals surface area contributed by atoms with E-state index < -0.39 is 0 Å². The molecule has 0 atom stereocenters. The molecule has 0 aliphatic carbocycles. The molecule has 0 amide bonds. The Hall–Kier alpha value is -1.46. The Labute approximate surface area is 122 Å². The van der Waals surface area contributed by atoms with E-state index in [9.17, 15) is 4.39 Å². The van der Waals surface area contributed by atoms with Gasteiger partial charge in [-0.3, -0.25) is 0 Å². The van der Waals surface area contributed by atoms with Crippen molar-refractivity contribution >= 4 is 42.6 Å². The lowest BCUT2D eigenvalue weighted by molar-refractivity contribution is 0.625. The molecule has 0 aliphatic rings. The molecule has 2 nitrogen and oxygen atoms in total. The lowest BCUT2D eigenvalue weighted by Gasteiger charge is -2.05. The fourth-order valence-corrected chi connectivity index (χ4v) is 3.05. The zero-order chi connectivity index (χ0) is 13.2. The van der Waals surface area contributed by atoms with Crippen LogP contribution in [0.3, 0.4) is 0 Å². The smallest absolute Gasteiger partial charge is 0.184 e. The van der Waals surface area contributed by atoms with E-state index in [4.69, 9.17) is 0 Å². The van der Waals surface area contributed by atoms with Crippen molar-refractivity contribution in [2.75, 3.05) is 5.32 Å². The summed E-state index contributed by atoms with van der Waals surface area (Å²) in [5, 5.41) is 4.07. The van der Waals surface area contributed by atoms with Gasteiger partial charge in [0.15, 0.2) is 5.13 Å². The predicted molar refractivity (Wildman–Crippen MR) is 81.0 cm³/mol. The van der Waals surface area contributed by atoms with Gasteiger partial charge in [0.05, 0.1) is 10.2 Å². The quantitative estimate of drug-likeness (QED) is 0.742. The van der Waals surface area contributed by atoms with Gasteiger partial charge in [-0.2, -0.15) is 0 Å². The van der Waals surface area contributed by atoms with E-state index in [1.165, 1.54) is 12.1 Å². The Balaban J connectivity index is 1.80. The van der Waals surface area contributed by atoms with Gasteiger partial charge in [0.1, 0.15) is 5.82 Å². The molecule has 0 fully saturated rings. The van der Waals surface area contributed by atoms with E-state index in [1.54, 1.807) is 17.4 Å². The molecule has 1 N–H and O–H groups in total. The van der Waals surface area contributed by atoms with Gasteiger partial charge in [-0.25, -0.2) is 9.37 Å². The second-order valence-electron chi connectivity index (χ2n) is 4.08. The fraction of sp³-hybridized carbons (Fsp3) is 0.0714. The van der Waals surface area contributed by atoms with Crippen LogP contribution < -0.4 is 5.32 Å². The number of hydrogen-bond acceptors (Lipinski definition) is 3. The van der Waals surface area contributed by atoms with Crippen LogP contribution in [0.1, 0.15) is 5.56 Å². The van der Waals surface area contributed by atoms with Crippen molar-refractivity contribution in [3.63, 3.8) is 0 Å². The molecule has 5 heteroatoms. The monoisotopic (exact) mass is 336 g/mol. The molecule has 3 rings (SSSR count). The van der Waals surface area contributed by atoms with Gasteiger partial charge in [0, 0.05) is 11.0 Å². The third-order valence-electron chi connectivity index (χ3n) is 2.73. The Kier molecular flexibility index (Phi) is 3.48. The maximum atomic E-state index is 13.2. The summed E-state index contributed by atoms with van der Waals surface area (Å²) in [6.07, 6.45) is 0. The first-order valence-corrected chi connectivity index (χ1v) is 7.37. The number of nitrogens with one attached hydrogen (secondary N) is 1. The molecule has 0 bridgehead atoms. The van der Waals surface area contributed by atoms with Crippen LogP contribution in [0.15, 0.2) is 46.9 Å². The summed E-state index contributed by atoms with van der Waals surface area (Å²) in [5.41, 5.74) is 1.85. The highest BCUT2D eigenvalue weighted by atomic mass is 79.9. The van der Waals surface area contributed by atoms with Crippen LogP contribution in [-0.2, 0) is 6.54 Å². The molecule has 1 aromatic heterocycles. The third kappa shape index (κ3) is 2.77. The maximum Gasteiger partial charge on any atom is 0.184 e. The average Bonchev–Trinajstić information content (AvgIpc) is 2.82. The van der Waals surface area contributed by atoms with Crippen molar-refractivity contribution < 1.29 is 4.39 Å². The third-order valence-corrected chi connectivity index (χ3v) is 4.50. The molecular weight excluding hydrogens is 327 g/mol. The largest absolute Gasteiger partial charge is 0.357 e. The number of halogens is 2. The normalized spacial score (nSPS) is 10.8. The lowest BCUT2D eigenvalue weighted by Crippen LogP contribution is -2.00. The molecule has 19 heavy (non-hydrogen) atoms. The van der Waals surface area contributed by atoms with Gasteiger partial charge in [-0.15, -0.1) is 0 Å². The van der Waals surface area contributed by atoms with E-state index in [1.807, 2.05) is 24.3 Å². The summed E-state index contributed by atoms with van der Waals surface area (Å²) in [7, 11) is 0. The number of thiazole rings is 1. The predicted octanol–water partition coefficient (Wildman–Crippen LogP) is 4.81. The van der Waals surface area contributed by atoms with Crippen molar-refractivity contribution in [1.82, 2.24) is 4.98 Å². The van der Waals surface area contributed by atoms with E-state index in [0.29, 0.717) is 6.54 Å². The summed E-state index contributed by atoms with van der Waals surface area (Å²) in [6.45, 7) is 0.540. The molecule has 0 unspecified atom stereocenters. The molecule has 2 aromatic carbocycles. The molecule has 3 aromatic rings. The van der Waals surface area contributed by atoms with Crippen molar-refractivity contribution in [2.45, 2.75) is 6.54 Å². The van der Waals surface area contributed by atoms with Crippen LogP contribution in [0.2, 0.25) is 0 Å². The molecule has 0 radical (unpaired) electrons. The van der Waals surface area contributed by atoms with Crippen molar-refractivity contribution in [3.05, 3.63) is 58.3 Å². The van der Waals surface area contributed by atoms with Crippen LogP contribution in [0, 0.1) is 5.82 Å². The second kappa shape index (κ2) is 5.27. The van der Waals surface area contributed by atoms with Gasteiger partial charge in [-0.05, 0) is 35.9 Å². The minimum absolute atomic E-state index is 0.232. The van der Waals surface area contributed by atoms with Crippen molar-refractivity contribution in [2.24, 2.45) is 0 Å². The molecule has 96 valence electrons. The zero-order valence-electron chi connectivity index (χ0n) is 9.86. The summed E-state index contributed by atoms with van der Waals surface area (Å²) in [6, 6.07) is 12.6. The van der Waals surface area contributed by atoms with Crippen LogP contribution in [0.25, 0.3) is 10.2 Å². The van der Waals surface area contributed by atoms with Gasteiger partial charge >= 0.3 is 0 Å². The molecule has 1 heterocycles. The van der Waals surface area contributed by atoms with Crippen LogP contribution in [-0.4, -0.2) is 4.98 Å². The highest BCUT2D eigenvalue weighted by Crippen LogP contribution is 2.26. The molecule has 0 saturated heterocycles. The van der Waals surface area contributed by atoms with Gasteiger partial charge < -0.3 is 5.32 Å². The Morgan fingerprint density at radius 1 is 1.21 bits per heavy atom. The number of hydrogen-bond donors (Lipinski definition) is 1. The minimum atomic E-state index is -0.232. The Morgan fingerprint density at radius 3 is 2.89 bits per heavy atom. The molecular formula is C14H10BrFN2S. The van der Waals surface area contributed by atoms with E-state index in [0.717, 1.165) is 25.4 Å². The Bertz CT molecular complexity index is 693.